The van der Waals surface area contributed by atoms with Crippen LogP contribution < -0.4 is 19.7 Å². The molecule has 166 valence electrons. The van der Waals surface area contributed by atoms with E-state index in [1.165, 1.54) is 6.07 Å². The fraction of sp³-hybridized carbons (Fsp3) is 0.458. The maximum atomic E-state index is 14.6. The first-order valence-corrected chi connectivity index (χ1v) is 10.9. The Bertz CT molecular complexity index is 928. The van der Waals surface area contributed by atoms with Crippen LogP contribution in [-0.4, -0.2) is 43.4 Å². The van der Waals surface area contributed by atoms with E-state index in [-0.39, 0.29) is 30.3 Å². The number of nitrogens with one attached hydrogen (secondary N) is 1. The molecule has 2 aromatic carbocycles. The number of aliphatic hydroxyl groups excluding tert-OH is 1. The normalized spacial score (nSPS) is 18.8. The molecule has 1 atom stereocenters. The topological polar surface area (TPSA) is 71.0 Å². The highest BCUT2D eigenvalue weighted by Crippen LogP contribution is 2.31. The number of halogens is 1. The van der Waals surface area contributed by atoms with Gasteiger partial charge in [-0.3, -0.25) is 4.79 Å². The van der Waals surface area contributed by atoms with E-state index in [1.807, 2.05) is 36.1 Å². The zero-order valence-corrected chi connectivity index (χ0v) is 17.8. The summed E-state index contributed by atoms with van der Waals surface area (Å²) < 4.78 is 25.9. The van der Waals surface area contributed by atoms with Gasteiger partial charge in [-0.05, 0) is 67.6 Å². The van der Waals surface area contributed by atoms with E-state index in [2.05, 4.69) is 5.32 Å². The maximum absolute atomic E-state index is 14.6. The Morgan fingerprint density at radius 3 is 2.81 bits per heavy atom. The molecular weight excluding hydrogens is 399 g/mol. The van der Waals surface area contributed by atoms with Crippen LogP contribution in [0.4, 0.5) is 10.1 Å². The van der Waals surface area contributed by atoms with Gasteiger partial charge in [-0.25, -0.2) is 4.39 Å². The number of amides is 1. The van der Waals surface area contributed by atoms with Crippen molar-refractivity contribution in [1.82, 2.24) is 5.32 Å². The molecule has 7 heteroatoms. The molecule has 31 heavy (non-hydrogen) atoms. The molecule has 1 fully saturated rings. The fourth-order valence-electron chi connectivity index (χ4n) is 4.15. The van der Waals surface area contributed by atoms with Crippen LogP contribution in [0.1, 0.15) is 30.9 Å². The summed E-state index contributed by atoms with van der Waals surface area (Å²) >= 11 is 0. The highest BCUT2D eigenvalue weighted by atomic mass is 19.1. The number of piperidine rings is 1. The molecule has 2 aromatic rings. The van der Waals surface area contributed by atoms with Gasteiger partial charge in [0.05, 0.1) is 24.3 Å². The SMILES string of the molecule is CCOc1ccc2c(c1)CC(C(=O)NCc1ccc(N3CCC(O)CC3)c(F)c1)CO2. The summed E-state index contributed by atoms with van der Waals surface area (Å²) in [5.41, 5.74) is 2.21. The summed E-state index contributed by atoms with van der Waals surface area (Å²) in [6.07, 6.45) is 1.58. The minimum atomic E-state index is -0.304. The lowest BCUT2D eigenvalue weighted by atomic mass is 9.95. The molecule has 0 spiro atoms. The van der Waals surface area contributed by atoms with Gasteiger partial charge in [-0.2, -0.15) is 0 Å². The van der Waals surface area contributed by atoms with Crippen molar-refractivity contribution in [1.29, 1.82) is 0 Å². The molecule has 0 bridgehead atoms. The van der Waals surface area contributed by atoms with E-state index in [1.54, 1.807) is 6.07 Å². The van der Waals surface area contributed by atoms with Crippen molar-refractivity contribution in [2.45, 2.75) is 38.8 Å². The van der Waals surface area contributed by atoms with Crippen LogP contribution in [0.5, 0.6) is 11.5 Å². The minimum absolute atomic E-state index is 0.109. The molecule has 2 N–H and O–H groups in total. The van der Waals surface area contributed by atoms with Crippen molar-refractivity contribution in [2.24, 2.45) is 5.92 Å². The second kappa shape index (κ2) is 9.56. The molecule has 0 aromatic heterocycles. The third kappa shape index (κ3) is 5.10. The number of ether oxygens (including phenoxy) is 2. The Kier molecular flexibility index (Phi) is 6.61. The summed E-state index contributed by atoms with van der Waals surface area (Å²) in [6, 6.07) is 10.7. The van der Waals surface area contributed by atoms with Crippen LogP contribution in [0.3, 0.4) is 0 Å². The molecule has 6 nitrogen and oxygen atoms in total. The van der Waals surface area contributed by atoms with Gasteiger partial charge in [0.15, 0.2) is 0 Å². The highest BCUT2D eigenvalue weighted by molar-refractivity contribution is 5.79. The molecule has 2 heterocycles. The molecule has 2 aliphatic heterocycles. The van der Waals surface area contributed by atoms with E-state index in [4.69, 9.17) is 9.47 Å². The van der Waals surface area contributed by atoms with Crippen LogP contribution in [0, 0.1) is 11.7 Å². The second-order valence-electron chi connectivity index (χ2n) is 8.14. The van der Waals surface area contributed by atoms with Gasteiger partial charge in [-0.1, -0.05) is 6.07 Å². The summed E-state index contributed by atoms with van der Waals surface area (Å²) in [5.74, 6) is 0.844. The number of anilines is 1. The van der Waals surface area contributed by atoms with Gasteiger partial charge < -0.3 is 24.8 Å². The number of hydrogen-bond donors (Lipinski definition) is 2. The first-order valence-electron chi connectivity index (χ1n) is 10.9. The average Bonchev–Trinajstić information content (AvgIpc) is 2.78. The van der Waals surface area contributed by atoms with Gasteiger partial charge in [0.25, 0.3) is 0 Å². The molecule has 1 amide bonds. The van der Waals surface area contributed by atoms with Crippen LogP contribution >= 0.6 is 0 Å². The molecule has 0 radical (unpaired) electrons. The molecule has 0 aliphatic carbocycles. The summed E-state index contributed by atoms with van der Waals surface area (Å²) in [4.78, 5) is 14.6. The quantitative estimate of drug-likeness (QED) is 0.740. The maximum Gasteiger partial charge on any atom is 0.227 e. The fourth-order valence-corrected chi connectivity index (χ4v) is 4.15. The Labute approximate surface area is 182 Å². The standard InChI is InChI=1S/C24H29FN2O4/c1-2-30-20-4-6-23-17(13-20)12-18(15-31-23)24(29)26-14-16-3-5-22(21(25)11-16)27-9-7-19(28)8-10-27/h3-6,11,13,18-19,28H,2,7-10,12,14-15H2,1H3,(H,26,29). The van der Waals surface area contributed by atoms with Crippen molar-refractivity contribution in [3.8, 4) is 11.5 Å². The van der Waals surface area contributed by atoms with Crippen molar-refractivity contribution < 1.29 is 23.8 Å². The number of nitrogens with zero attached hydrogens (tertiary/aromatic N) is 1. The van der Waals surface area contributed by atoms with Crippen LogP contribution in [0.15, 0.2) is 36.4 Å². The summed E-state index contributed by atoms with van der Waals surface area (Å²) in [5, 5.41) is 12.5. The molecule has 1 unspecified atom stereocenters. The number of hydrogen-bond acceptors (Lipinski definition) is 5. The third-order valence-corrected chi connectivity index (χ3v) is 5.90. The van der Waals surface area contributed by atoms with Crippen molar-refractivity contribution >= 4 is 11.6 Å². The van der Waals surface area contributed by atoms with Crippen molar-refractivity contribution in [2.75, 3.05) is 31.2 Å². The largest absolute Gasteiger partial charge is 0.494 e. The Morgan fingerprint density at radius 1 is 1.26 bits per heavy atom. The first kappa shape index (κ1) is 21.4. The summed E-state index contributed by atoms with van der Waals surface area (Å²) in [6.45, 7) is 4.37. The number of rotatable bonds is 6. The molecule has 0 saturated carbocycles. The predicted molar refractivity (Wildman–Crippen MR) is 116 cm³/mol. The van der Waals surface area contributed by atoms with Gasteiger partial charge in [0, 0.05) is 19.6 Å². The van der Waals surface area contributed by atoms with Crippen LogP contribution in [0.25, 0.3) is 0 Å². The van der Waals surface area contributed by atoms with E-state index in [9.17, 15) is 14.3 Å². The summed E-state index contributed by atoms with van der Waals surface area (Å²) in [7, 11) is 0. The smallest absolute Gasteiger partial charge is 0.227 e. The van der Waals surface area contributed by atoms with Crippen molar-refractivity contribution in [3.05, 3.63) is 53.3 Å². The van der Waals surface area contributed by atoms with Crippen LogP contribution in [-0.2, 0) is 17.8 Å². The van der Waals surface area contributed by atoms with Crippen molar-refractivity contribution in [3.63, 3.8) is 0 Å². The zero-order chi connectivity index (χ0) is 21.8. The van der Waals surface area contributed by atoms with E-state index >= 15 is 0 Å². The lowest BCUT2D eigenvalue weighted by Gasteiger charge is -2.31. The van der Waals surface area contributed by atoms with E-state index < -0.39 is 0 Å². The average molecular weight is 429 g/mol. The number of aliphatic hydroxyl groups is 1. The Balaban J connectivity index is 1.33. The number of carbonyl (C=O) groups is 1. The van der Waals surface area contributed by atoms with E-state index in [0.717, 1.165) is 17.1 Å². The molecular formula is C24H29FN2O4. The lowest BCUT2D eigenvalue weighted by Crippen LogP contribution is -2.37. The zero-order valence-electron chi connectivity index (χ0n) is 17.8. The highest BCUT2D eigenvalue weighted by Gasteiger charge is 2.26. The number of fused-ring (bicyclic) bond motifs is 1. The molecule has 4 rings (SSSR count). The molecule has 2 aliphatic rings. The second-order valence-corrected chi connectivity index (χ2v) is 8.14. The van der Waals surface area contributed by atoms with E-state index in [0.29, 0.717) is 56.8 Å². The van der Waals surface area contributed by atoms with Gasteiger partial charge in [0.1, 0.15) is 23.9 Å². The lowest BCUT2D eigenvalue weighted by molar-refractivity contribution is -0.126. The third-order valence-electron chi connectivity index (χ3n) is 5.90. The van der Waals surface area contributed by atoms with Gasteiger partial charge in [0.2, 0.25) is 5.91 Å². The Morgan fingerprint density at radius 2 is 2.06 bits per heavy atom. The predicted octanol–water partition coefficient (Wildman–Crippen LogP) is 3.05. The number of benzene rings is 2. The Hall–Kier alpha value is -2.80. The number of carbonyl (C=O) groups excluding carboxylic acids is 1. The monoisotopic (exact) mass is 428 g/mol. The first-order chi connectivity index (χ1) is 15.0. The minimum Gasteiger partial charge on any atom is -0.494 e. The van der Waals surface area contributed by atoms with Crippen LogP contribution in [0.2, 0.25) is 0 Å². The van der Waals surface area contributed by atoms with Gasteiger partial charge >= 0.3 is 0 Å². The van der Waals surface area contributed by atoms with Gasteiger partial charge in [-0.15, -0.1) is 0 Å². The molecule has 1 saturated heterocycles.